The van der Waals surface area contributed by atoms with Gasteiger partial charge in [0.15, 0.2) is 0 Å². The normalized spacial score (nSPS) is 11.3. The molecule has 0 atom stereocenters. The van der Waals surface area contributed by atoms with Crippen LogP contribution in [0.3, 0.4) is 0 Å². The van der Waals surface area contributed by atoms with Crippen LogP contribution in [0.2, 0.25) is 0 Å². The van der Waals surface area contributed by atoms with Crippen LogP contribution >= 0.6 is 0 Å². The molecule has 0 aliphatic rings. The summed E-state index contributed by atoms with van der Waals surface area (Å²) in [5.41, 5.74) is -0.208. The average Bonchev–Trinajstić information content (AvgIpc) is 2.70. The Morgan fingerprint density at radius 3 is 1.24 bits per heavy atom. The minimum Gasteiger partial charge on any atom is -0.465 e. The maximum Gasteiger partial charge on any atom is 0.312 e. The Morgan fingerprint density at radius 2 is 0.897 bits per heavy atom. The maximum absolute atomic E-state index is 13.3. The monoisotopic (exact) mass is 413 g/mol. The van der Waals surface area contributed by atoms with Crippen molar-refractivity contribution in [2.45, 2.75) is 150 Å². The first-order valence-electron chi connectivity index (χ1n) is 12.8. The molecule has 3 heteroatoms. The third-order valence-corrected chi connectivity index (χ3v) is 6.19. The van der Waals surface area contributed by atoms with Gasteiger partial charge in [-0.05, 0) is 25.7 Å². The molecule has 0 aromatic heterocycles. The van der Waals surface area contributed by atoms with Crippen LogP contribution in [0.25, 0.3) is 0 Å². The topological polar surface area (TPSA) is 61.3 Å². The molecule has 0 rings (SSSR count). The van der Waals surface area contributed by atoms with Crippen LogP contribution in [0.5, 0.6) is 0 Å². The molecule has 0 fully saturated rings. The van der Waals surface area contributed by atoms with Gasteiger partial charge in [0.1, 0.15) is 0 Å². The number of hydrogen-bond donors (Lipinski definition) is 1. The summed E-state index contributed by atoms with van der Waals surface area (Å²) < 4.78 is 5.89. The third kappa shape index (κ3) is 15.9. The highest BCUT2D eigenvalue weighted by Crippen LogP contribution is 2.39. The number of rotatable bonds is 21. The van der Waals surface area contributed by atoms with Crippen molar-refractivity contribution in [1.29, 1.82) is 0 Å². The minimum absolute atomic E-state index is 0. The largest absolute Gasteiger partial charge is 0.465 e. The van der Waals surface area contributed by atoms with Gasteiger partial charge < -0.3 is 10.9 Å². The molecule has 0 saturated heterocycles. The number of hydrogen-bond acceptors (Lipinski definition) is 3. The molecule has 0 aliphatic carbocycles. The van der Waals surface area contributed by atoms with Crippen LogP contribution < -0.4 is 6.15 Å². The van der Waals surface area contributed by atoms with E-state index in [-0.39, 0.29) is 17.5 Å². The molecular formula is C26H55NO2. The van der Waals surface area contributed by atoms with E-state index in [2.05, 4.69) is 27.7 Å². The minimum atomic E-state index is -0.208. The lowest BCUT2D eigenvalue weighted by Crippen LogP contribution is -2.34. The molecule has 3 N–H and O–H groups in total. The number of unbranched alkanes of at least 4 members (excludes halogenated alkanes) is 12. The summed E-state index contributed by atoms with van der Waals surface area (Å²) in [5.74, 6) is 0.133. The number of ether oxygens (including phenoxy) is 1. The molecule has 0 unspecified atom stereocenters. The first-order chi connectivity index (χ1) is 13.7. The van der Waals surface area contributed by atoms with Gasteiger partial charge in [-0.25, -0.2) is 0 Å². The Hall–Kier alpha value is -0.570. The summed E-state index contributed by atoms with van der Waals surface area (Å²) in [4.78, 5) is 13.3. The molecule has 0 spiro atoms. The Labute approximate surface area is 183 Å². The Morgan fingerprint density at radius 1 is 0.552 bits per heavy atom. The van der Waals surface area contributed by atoms with Gasteiger partial charge in [0, 0.05) is 0 Å². The molecule has 176 valence electrons. The van der Waals surface area contributed by atoms with Crippen molar-refractivity contribution in [3.63, 3.8) is 0 Å². The van der Waals surface area contributed by atoms with Crippen molar-refractivity contribution in [3.8, 4) is 0 Å². The molecular weight excluding hydrogens is 358 g/mol. The first kappa shape index (κ1) is 30.6. The van der Waals surface area contributed by atoms with E-state index in [1.165, 1.54) is 96.3 Å². The summed E-state index contributed by atoms with van der Waals surface area (Å²) >= 11 is 0. The number of carbonyl (C=O) groups excluding carboxylic acids is 1. The van der Waals surface area contributed by atoms with Gasteiger partial charge in [0.2, 0.25) is 0 Å². The summed E-state index contributed by atoms with van der Waals surface area (Å²) in [6, 6.07) is 0. The lowest BCUT2D eigenvalue weighted by atomic mass is 9.74. The van der Waals surface area contributed by atoms with Gasteiger partial charge in [0.25, 0.3) is 0 Å². The van der Waals surface area contributed by atoms with E-state index in [0.717, 1.165) is 25.7 Å². The second kappa shape index (κ2) is 22.1. The van der Waals surface area contributed by atoms with Crippen LogP contribution in [0.1, 0.15) is 150 Å². The highest BCUT2D eigenvalue weighted by atomic mass is 16.5. The van der Waals surface area contributed by atoms with Crippen LogP contribution in [-0.2, 0) is 9.53 Å². The number of carbonyl (C=O) groups is 1. The zero-order valence-electron chi connectivity index (χ0n) is 20.7. The van der Waals surface area contributed by atoms with Crippen molar-refractivity contribution >= 4 is 5.97 Å². The van der Waals surface area contributed by atoms with Crippen molar-refractivity contribution in [3.05, 3.63) is 0 Å². The Bertz CT molecular complexity index is 312. The molecule has 0 amide bonds. The van der Waals surface area contributed by atoms with E-state index in [1.807, 2.05) is 0 Å². The smallest absolute Gasteiger partial charge is 0.312 e. The molecule has 0 aromatic rings. The number of esters is 1. The fraction of sp³-hybridized carbons (Fsp3) is 0.962. The van der Waals surface area contributed by atoms with Gasteiger partial charge in [-0.15, -0.1) is 0 Å². The average molecular weight is 414 g/mol. The highest BCUT2D eigenvalue weighted by Gasteiger charge is 2.38. The summed E-state index contributed by atoms with van der Waals surface area (Å²) in [5, 5.41) is 0. The summed E-state index contributed by atoms with van der Waals surface area (Å²) in [6.45, 7) is 9.62. The predicted octanol–water partition coefficient (Wildman–Crippen LogP) is 9.17. The van der Waals surface area contributed by atoms with Crippen molar-refractivity contribution in [2.24, 2.45) is 5.41 Å². The quantitative estimate of drug-likeness (QED) is 0.151. The van der Waals surface area contributed by atoms with E-state index < -0.39 is 0 Å². The van der Waals surface area contributed by atoms with Gasteiger partial charge >= 0.3 is 5.97 Å². The fourth-order valence-corrected chi connectivity index (χ4v) is 4.20. The highest BCUT2D eigenvalue weighted by molar-refractivity contribution is 5.76. The van der Waals surface area contributed by atoms with Crippen molar-refractivity contribution in [1.82, 2.24) is 6.15 Å². The maximum atomic E-state index is 13.3. The molecule has 0 heterocycles. The lowest BCUT2D eigenvalue weighted by Gasteiger charge is -2.32. The molecule has 0 saturated carbocycles. The lowest BCUT2D eigenvalue weighted by molar-refractivity contribution is -0.158. The molecule has 0 aromatic carbocycles. The Balaban J connectivity index is 0. The summed E-state index contributed by atoms with van der Waals surface area (Å²) in [7, 11) is 0. The zero-order valence-corrected chi connectivity index (χ0v) is 20.7. The summed E-state index contributed by atoms with van der Waals surface area (Å²) in [6.07, 6.45) is 22.7. The van der Waals surface area contributed by atoms with Gasteiger partial charge in [0.05, 0.1) is 12.0 Å². The zero-order chi connectivity index (χ0) is 20.9. The van der Waals surface area contributed by atoms with Crippen molar-refractivity contribution in [2.75, 3.05) is 6.61 Å². The molecule has 29 heavy (non-hydrogen) atoms. The van der Waals surface area contributed by atoms with Crippen molar-refractivity contribution < 1.29 is 9.53 Å². The van der Waals surface area contributed by atoms with Crippen LogP contribution in [-0.4, -0.2) is 12.6 Å². The van der Waals surface area contributed by atoms with E-state index in [0.29, 0.717) is 6.61 Å². The fourth-order valence-electron chi connectivity index (χ4n) is 4.20. The van der Waals surface area contributed by atoms with Crippen LogP contribution in [0.15, 0.2) is 0 Å². The van der Waals surface area contributed by atoms with Gasteiger partial charge in [-0.1, -0.05) is 124 Å². The third-order valence-electron chi connectivity index (χ3n) is 6.19. The molecule has 0 bridgehead atoms. The van der Waals surface area contributed by atoms with Crippen LogP contribution in [0.4, 0.5) is 0 Å². The first-order valence-corrected chi connectivity index (χ1v) is 12.8. The molecule has 0 radical (unpaired) electrons. The molecule has 0 aliphatic heterocycles. The standard InChI is InChI=1S/C26H52O2.H3N/c1-5-9-13-17-21-26(22-18-14-10-6-2,23-19-15-11-7-3)25(27)28-24-20-16-12-8-4;/h5-24H2,1-4H3;1H3. The SMILES string of the molecule is CCCCCCOC(=O)C(CCCCCC)(CCCCCC)CCCCCC.N. The predicted molar refractivity (Wildman–Crippen MR) is 129 cm³/mol. The van der Waals surface area contributed by atoms with E-state index in [4.69, 9.17) is 4.74 Å². The van der Waals surface area contributed by atoms with Crippen LogP contribution in [0, 0.1) is 5.41 Å². The van der Waals surface area contributed by atoms with E-state index >= 15 is 0 Å². The second-order valence-electron chi connectivity index (χ2n) is 8.91. The second-order valence-corrected chi connectivity index (χ2v) is 8.91. The van der Waals surface area contributed by atoms with Gasteiger partial charge in [-0.3, -0.25) is 4.79 Å². The van der Waals surface area contributed by atoms with E-state index in [1.54, 1.807) is 0 Å². The Kier molecular flexibility index (Phi) is 23.4. The van der Waals surface area contributed by atoms with Gasteiger partial charge in [-0.2, -0.15) is 0 Å². The van der Waals surface area contributed by atoms with E-state index in [9.17, 15) is 4.79 Å². The molecule has 3 nitrogen and oxygen atoms in total.